The monoisotopic (exact) mass is 236 g/mol. The van der Waals surface area contributed by atoms with E-state index in [4.69, 9.17) is 11.6 Å². The molecule has 0 fully saturated rings. The van der Waals surface area contributed by atoms with E-state index in [9.17, 15) is 0 Å². The molecule has 4 nitrogen and oxygen atoms in total. The largest absolute Gasteiger partial charge is 0.380 e. The number of hydrogen-bond acceptors (Lipinski definition) is 3. The summed E-state index contributed by atoms with van der Waals surface area (Å²) in [7, 11) is 0. The minimum atomic E-state index is 0.546. The van der Waals surface area contributed by atoms with Gasteiger partial charge in [-0.15, -0.1) is 0 Å². The molecule has 2 aromatic heterocycles. The highest BCUT2D eigenvalue weighted by Crippen LogP contribution is 2.16. The molecule has 5 heteroatoms. The smallest absolute Gasteiger partial charge is 0.132 e. The number of aromatic amines is 1. The number of pyridine rings is 1. The Bertz CT molecular complexity index is 492. The minimum Gasteiger partial charge on any atom is -0.380 e. The number of aromatic nitrogens is 3. The standard InChI is InChI=1S/C11H13ClN4/c1-7-3-10(6-14-11(7)12)13-4-9-5-15-16-8(9)2/h3,5-6,13H,4H2,1-2H3,(H,15,16). The maximum Gasteiger partial charge on any atom is 0.132 e. The normalized spacial score (nSPS) is 10.4. The molecule has 0 unspecified atom stereocenters. The topological polar surface area (TPSA) is 53.6 Å². The lowest BCUT2D eigenvalue weighted by molar-refractivity contribution is 1.04. The van der Waals surface area contributed by atoms with E-state index >= 15 is 0 Å². The van der Waals surface area contributed by atoms with Crippen molar-refractivity contribution in [2.45, 2.75) is 20.4 Å². The van der Waals surface area contributed by atoms with Gasteiger partial charge in [-0.1, -0.05) is 11.6 Å². The van der Waals surface area contributed by atoms with Gasteiger partial charge in [0.25, 0.3) is 0 Å². The maximum absolute atomic E-state index is 5.85. The first-order valence-electron chi connectivity index (χ1n) is 5.01. The van der Waals surface area contributed by atoms with Crippen molar-refractivity contribution in [3.63, 3.8) is 0 Å². The summed E-state index contributed by atoms with van der Waals surface area (Å²) < 4.78 is 0. The average Bonchev–Trinajstić information content (AvgIpc) is 2.66. The van der Waals surface area contributed by atoms with Crippen LogP contribution in [0.1, 0.15) is 16.8 Å². The molecule has 0 atom stereocenters. The van der Waals surface area contributed by atoms with Crippen LogP contribution in [-0.4, -0.2) is 15.2 Å². The molecule has 0 aliphatic carbocycles. The molecule has 0 radical (unpaired) electrons. The lowest BCUT2D eigenvalue weighted by Gasteiger charge is -2.06. The van der Waals surface area contributed by atoms with Crippen molar-refractivity contribution in [2.75, 3.05) is 5.32 Å². The summed E-state index contributed by atoms with van der Waals surface area (Å²) >= 11 is 5.85. The Morgan fingerprint density at radius 2 is 2.19 bits per heavy atom. The molecule has 0 aromatic carbocycles. The summed E-state index contributed by atoms with van der Waals surface area (Å²) in [5.41, 5.74) is 4.15. The second kappa shape index (κ2) is 4.53. The van der Waals surface area contributed by atoms with Gasteiger partial charge in [0, 0.05) is 17.8 Å². The fraction of sp³-hybridized carbons (Fsp3) is 0.273. The quantitative estimate of drug-likeness (QED) is 0.806. The second-order valence-electron chi connectivity index (χ2n) is 3.71. The lowest BCUT2D eigenvalue weighted by Crippen LogP contribution is -2.00. The Morgan fingerprint density at radius 1 is 1.38 bits per heavy atom. The summed E-state index contributed by atoms with van der Waals surface area (Å²) in [6.07, 6.45) is 3.54. The zero-order valence-corrected chi connectivity index (χ0v) is 9.97. The molecule has 2 N–H and O–H groups in total. The zero-order chi connectivity index (χ0) is 11.5. The van der Waals surface area contributed by atoms with Crippen LogP contribution in [0.3, 0.4) is 0 Å². The van der Waals surface area contributed by atoms with Crippen molar-refractivity contribution in [2.24, 2.45) is 0 Å². The van der Waals surface area contributed by atoms with E-state index in [1.807, 2.05) is 26.1 Å². The van der Waals surface area contributed by atoms with Gasteiger partial charge >= 0.3 is 0 Å². The molecule has 0 saturated carbocycles. The first kappa shape index (κ1) is 11.0. The van der Waals surface area contributed by atoms with Gasteiger partial charge in [0.05, 0.1) is 18.1 Å². The Balaban J connectivity index is 2.05. The van der Waals surface area contributed by atoms with E-state index < -0.39 is 0 Å². The van der Waals surface area contributed by atoms with Gasteiger partial charge < -0.3 is 5.32 Å². The third kappa shape index (κ3) is 2.33. The SMILES string of the molecule is Cc1cc(NCc2cn[nH]c2C)cnc1Cl. The molecule has 84 valence electrons. The highest BCUT2D eigenvalue weighted by molar-refractivity contribution is 6.30. The van der Waals surface area contributed by atoms with Crippen LogP contribution in [0, 0.1) is 13.8 Å². The van der Waals surface area contributed by atoms with E-state index in [1.165, 1.54) is 0 Å². The van der Waals surface area contributed by atoms with Gasteiger partial charge in [-0.3, -0.25) is 5.10 Å². The van der Waals surface area contributed by atoms with Crippen molar-refractivity contribution in [3.8, 4) is 0 Å². The summed E-state index contributed by atoms with van der Waals surface area (Å²) in [6, 6.07) is 1.98. The molecule has 16 heavy (non-hydrogen) atoms. The summed E-state index contributed by atoms with van der Waals surface area (Å²) in [5, 5.41) is 10.7. The van der Waals surface area contributed by atoms with Crippen LogP contribution >= 0.6 is 11.6 Å². The third-order valence-corrected chi connectivity index (χ3v) is 2.83. The molecule has 0 spiro atoms. The number of rotatable bonds is 3. The van der Waals surface area contributed by atoms with Crippen molar-refractivity contribution in [1.82, 2.24) is 15.2 Å². The third-order valence-electron chi connectivity index (χ3n) is 2.43. The van der Waals surface area contributed by atoms with Crippen LogP contribution < -0.4 is 5.32 Å². The number of H-pyrrole nitrogens is 1. The predicted octanol–water partition coefficient (Wildman–Crippen LogP) is 2.69. The Labute approximate surface area is 99.1 Å². The minimum absolute atomic E-state index is 0.546. The summed E-state index contributed by atoms with van der Waals surface area (Å²) in [6.45, 7) is 4.66. The summed E-state index contributed by atoms with van der Waals surface area (Å²) in [4.78, 5) is 4.08. The van der Waals surface area contributed by atoms with Crippen molar-refractivity contribution in [1.29, 1.82) is 0 Å². The van der Waals surface area contributed by atoms with Crippen LogP contribution in [0.5, 0.6) is 0 Å². The number of hydrogen-bond donors (Lipinski definition) is 2. The molecule has 0 aliphatic rings. The molecule has 0 aliphatic heterocycles. The Hall–Kier alpha value is -1.55. The van der Waals surface area contributed by atoms with E-state index in [1.54, 1.807) is 6.20 Å². The van der Waals surface area contributed by atoms with E-state index in [0.717, 1.165) is 29.1 Å². The van der Waals surface area contributed by atoms with Gasteiger partial charge in [-0.2, -0.15) is 5.10 Å². The molecular formula is C11H13ClN4. The summed E-state index contributed by atoms with van der Waals surface area (Å²) in [5.74, 6) is 0. The average molecular weight is 237 g/mol. The molecule has 0 bridgehead atoms. The van der Waals surface area contributed by atoms with Gasteiger partial charge in [0.15, 0.2) is 0 Å². The van der Waals surface area contributed by atoms with Gasteiger partial charge in [0.2, 0.25) is 0 Å². The second-order valence-corrected chi connectivity index (χ2v) is 4.06. The molecule has 2 heterocycles. The lowest BCUT2D eigenvalue weighted by atomic mass is 10.2. The van der Waals surface area contributed by atoms with E-state index in [2.05, 4.69) is 20.5 Å². The number of halogens is 1. The first-order chi connectivity index (χ1) is 7.66. The first-order valence-corrected chi connectivity index (χ1v) is 5.39. The van der Waals surface area contributed by atoms with Crippen molar-refractivity contribution < 1.29 is 0 Å². The Kier molecular flexibility index (Phi) is 3.10. The predicted molar refractivity (Wildman–Crippen MR) is 64.6 cm³/mol. The maximum atomic E-state index is 5.85. The highest BCUT2D eigenvalue weighted by atomic mass is 35.5. The van der Waals surface area contributed by atoms with E-state index in [-0.39, 0.29) is 0 Å². The fourth-order valence-electron chi connectivity index (χ4n) is 1.41. The Morgan fingerprint density at radius 3 is 2.81 bits per heavy atom. The van der Waals surface area contributed by atoms with Crippen LogP contribution in [-0.2, 0) is 6.54 Å². The molecule has 0 saturated heterocycles. The number of nitrogens with zero attached hydrogens (tertiary/aromatic N) is 2. The number of aryl methyl sites for hydroxylation is 2. The fourth-order valence-corrected chi connectivity index (χ4v) is 1.51. The van der Waals surface area contributed by atoms with Crippen molar-refractivity contribution >= 4 is 17.3 Å². The number of anilines is 1. The van der Waals surface area contributed by atoms with Gasteiger partial charge in [-0.05, 0) is 25.5 Å². The van der Waals surface area contributed by atoms with Gasteiger partial charge in [0.1, 0.15) is 5.15 Å². The van der Waals surface area contributed by atoms with E-state index in [0.29, 0.717) is 5.15 Å². The van der Waals surface area contributed by atoms with Crippen LogP contribution in [0.2, 0.25) is 5.15 Å². The molecule has 2 aromatic rings. The van der Waals surface area contributed by atoms with Gasteiger partial charge in [-0.25, -0.2) is 4.98 Å². The molecule has 2 rings (SSSR count). The molecular weight excluding hydrogens is 224 g/mol. The van der Waals surface area contributed by atoms with Crippen LogP contribution in [0.15, 0.2) is 18.5 Å². The molecule has 0 amide bonds. The van der Waals surface area contributed by atoms with Crippen LogP contribution in [0.4, 0.5) is 5.69 Å². The van der Waals surface area contributed by atoms with Crippen LogP contribution in [0.25, 0.3) is 0 Å². The zero-order valence-electron chi connectivity index (χ0n) is 9.21. The van der Waals surface area contributed by atoms with Crippen molar-refractivity contribution in [3.05, 3.63) is 40.4 Å². The highest BCUT2D eigenvalue weighted by Gasteiger charge is 2.01. The number of nitrogens with one attached hydrogen (secondary N) is 2.